The van der Waals surface area contributed by atoms with Crippen molar-refractivity contribution in [2.45, 2.75) is 25.7 Å². The normalized spacial score (nSPS) is 10.7. The Morgan fingerprint density at radius 3 is 2.67 bits per heavy atom. The lowest BCUT2D eigenvalue weighted by atomic mass is 10.1. The van der Waals surface area contributed by atoms with Gasteiger partial charge in [-0.1, -0.05) is 12.1 Å². The highest BCUT2D eigenvalue weighted by atomic mass is 32.1. The molecule has 8 heteroatoms. The van der Waals surface area contributed by atoms with Gasteiger partial charge in [0, 0.05) is 12.8 Å². The molecule has 1 amide bonds. The smallest absolute Gasteiger partial charge is 0.305 e. The molecule has 0 unspecified atom stereocenters. The Morgan fingerprint density at radius 1 is 1.11 bits per heavy atom. The van der Waals surface area contributed by atoms with Gasteiger partial charge in [0.15, 0.2) is 10.8 Å². The molecular weight excluding hydrogens is 384 g/mol. The van der Waals surface area contributed by atoms with Crippen LogP contribution >= 0.6 is 22.7 Å². The number of esters is 1. The van der Waals surface area contributed by atoms with E-state index < -0.39 is 0 Å². The molecule has 6 nitrogen and oxygen atoms in total. The number of para-hydroxylation sites is 1. The van der Waals surface area contributed by atoms with Gasteiger partial charge in [0.05, 0.1) is 22.9 Å². The van der Waals surface area contributed by atoms with Gasteiger partial charge >= 0.3 is 5.97 Å². The monoisotopic (exact) mass is 402 g/mol. The van der Waals surface area contributed by atoms with Crippen molar-refractivity contribution in [3.05, 3.63) is 46.3 Å². The number of ketones is 1. The highest BCUT2D eigenvalue weighted by Gasteiger charge is 2.18. The molecule has 1 N–H and O–H groups in total. The minimum absolute atomic E-state index is 0.0549. The van der Waals surface area contributed by atoms with Crippen molar-refractivity contribution in [1.82, 2.24) is 4.98 Å². The number of methoxy groups -OCH3 is 1. The van der Waals surface area contributed by atoms with Crippen LogP contribution in [0.1, 0.15) is 45.8 Å². The summed E-state index contributed by atoms with van der Waals surface area (Å²) in [4.78, 5) is 40.4. The fourth-order valence-corrected chi connectivity index (χ4v) is 4.20. The molecule has 2 aromatic heterocycles. The molecule has 2 heterocycles. The summed E-state index contributed by atoms with van der Waals surface area (Å²) in [5.74, 6) is -0.652. The Kier molecular flexibility index (Phi) is 6.31. The lowest BCUT2D eigenvalue weighted by Gasteiger charge is -2.04. The minimum Gasteiger partial charge on any atom is -0.469 e. The van der Waals surface area contributed by atoms with Crippen LogP contribution in [0.15, 0.2) is 35.7 Å². The summed E-state index contributed by atoms with van der Waals surface area (Å²) in [6, 6.07) is 9.26. The van der Waals surface area contributed by atoms with Crippen LogP contribution in [0, 0.1) is 0 Å². The first-order chi connectivity index (χ1) is 13.1. The second-order valence-corrected chi connectivity index (χ2v) is 7.76. The predicted octanol–water partition coefficient (Wildman–Crippen LogP) is 4.53. The van der Waals surface area contributed by atoms with Gasteiger partial charge in [-0.2, -0.15) is 0 Å². The third kappa shape index (κ3) is 4.78. The van der Waals surface area contributed by atoms with Gasteiger partial charge in [0.25, 0.3) is 5.91 Å². The van der Waals surface area contributed by atoms with Gasteiger partial charge in [0.2, 0.25) is 0 Å². The molecule has 27 heavy (non-hydrogen) atoms. The Balaban J connectivity index is 1.61. The highest BCUT2D eigenvalue weighted by molar-refractivity contribution is 7.20. The fraction of sp³-hybridized carbons (Fsp3) is 0.263. The number of thiophene rings is 1. The standard InChI is InChI=1S/C19H18N2O4S2/c1-25-16(23)9-5-3-7-14(22)12-10-11-26-18(12)21-17(24)19-20-13-6-2-4-8-15(13)27-19/h2,4,6,8,10-11H,3,5,7,9H2,1H3,(H,21,24). The van der Waals surface area contributed by atoms with Gasteiger partial charge in [-0.3, -0.25) is 14.4 Å². The number of hydrogen-bond donors (Lipinski definition) is 1. The Morgan fingerprint density at radius 2 is 1.89 bits per heavy atom. The Hall–Kier alpha value is -2.58. The number of nitrogens with one attached hydrogen (secondary N) is 1. The van der Waals surface area contributed by atoms with E-state index in [1.54, 1.807) is 11.4 Å². The van der Waals surface area contributed by atoms with Crippen LogP contribution < -0.4 is 5.32 Å². The van der Waals surface area contributed by atoms with E-state index in [-0.39, 0.29) is 17.7 Å². The van der Waals surface area contributed by atoms with Crippen LogP contribution in [0.4, 0.5) is 5.00 Å². The number of benzene rings is 1. The summed E-state index contributed by atoms with van der Waals surface area (Å²) < 4.78 is 5.52. The van der Waals surface area contributed by atoms with Gasteiger partial charge in [-0.25, -0.2) is 4.98 Å². The maximum Gasteiger partial charge on any atom is 0.305 e. The zero-order chi connectivity index (χ0) is 19.2. The van der Waals surface area contributed by atoms with Crippen molar-refractivity contribution in [2.75, 3.05) is 12.4 Å². The zero-order valence-corrected chi connectivity index (χ0v) is 16.3. The molecule has 0 radical (unpaired) electrons. The van der Waals surface area contributed by atoms with Crippen molar-refractivity contribution in [3.8, 4) is 0 Å². The third-order valence-electron chi connectivity index (χ3n) is 3.94. The first kappa shape index (κ1) is 19.2. The second-order valence-electron chi connectivity index (χ2n) is 5.81. The average Bonchev–Trinajstić information content (AvgIpc) is 3.31. The molecule has 0 fully saturated rings. The van der Waals surface area contributed by atoms with Crippen molar-refractivity contribution in [2.24, 2.45) is 0 Å². The molecular formula is C19H18N2O4S2. The van der Waals surface area contributed by atoms with Gasteiger partial charge in [0.1, 0.15) is 5.00 Å². The van der Waals surface area contributed by atoms with Gasteiger partial charge < -0.3 is 10.1 Å². The molecule has 0 aliphatic heterocycles. The minimum atomic E-state index is -0.321. The van der Waals surface area contributed by atoms with Gasteiger partial charge in [-0.05, 0) is 36.4 Å². The molecule has 0 aliphatic carbocycles. The van der Waals surface area contributed by atoms with Crippen molar-refractivity contribution in [3.63, 3.8) is 0 Å². The largest absolute Gasteiger partial charge is 0.469 e. The Labute approximate surface area is 164 Å². The first-order valence-electron chi connectivity index (χ1n) is 8.43. The van der Waals surface area contributed by atoms with E-state index in [2.05, 4.69) is 15.0 Å². The van der Waals surface area contributed by atoms with E-state index in [0.717, 1.165) is 10.2 Å². The molecule has 1 aromatic carbocycles. The fourth-order valence-electron chi connectivity index (χ4n) is 2.54. The highest BCUT2D eigenvalue weighted by Crippen LogP contribution is 2.27. The van der Waals surface area contributed by atoms with Crippen LogP contribution in [0.3, 0.4) is 0 Å². The molecule has 3 aromatic rings. The number of thiazole rings is 1. The number of hydrogen-bond acceptors (Lipinski definition) is 7. The van der Waals surface area contributed by atoms with E-state index in [4.69, 9.17) is 0 Å². The molecule has 140 valence electrons. The molecule has 0 saturated heterocycles. The number of carbonyl (C=O) groups is 3. The predicted molar refractivity (Wildman–Crippen MR) is 107 cm³/mol. The number of amides is 1. The summed E-state index contributed by atoms with van der Waals surface area (Å²) >= 11 is 2.62. The van der Waals surface area contributed by atoms with Crippen LogP contribution in [0.5, 0.6) is 0 Å². The maximum atomic E-state index is 12.5. The van der Waals surface area contributed by atoms with Crippen molar-refractivity contribution in [1.29, 1.82) is 0 Å². The summed E-state index contributed by atoms with van der Waals surface area (Å²) in [6.07, 6.45) is 1.80. The topological polar surface area (TPSA) is 85.4 Å². The van der Waals surface area contributed by atoms with Crippen LogP contribution in [0.25, 0.3) is 10.2 Å². The van der Waals surface area contributed by atoms with E-state index in [1.807, 2.05) is 24.3 Å². The van der Waals surface area contributed by atoms with E-state index in [1.165, 1.54) is 29.8 Å². The maximum absolute atomic E-state index is 12.5. The lowest BCUT2D eigenvalue weighted by Crippen LogP contribution is -2.13. The quantitative estimate of drug-likeness (QED) is 0.340. The number of aromatic nitrogens is 1. The van der Waals surface area contributed by atoms with Gasteiger partial charge in [-0.15, -0.1) is 22.7 Å². The van der Waals surface area contributed by atoms with Crippen molar-refractivity contribution < 1.29 is 19.1 Å². The number of fused-ring (bicyclic) bond motifs is 1. The summed E-state index contributed by atoms with van der Waals surface area (Å²) in [5.41, 5.74) is 1.27. The van der Waals surface area contributed by atoms with E-state index >= 15 is 0 Å². The number of anilines is 1. The van der Waals surface area contributed by atoms with Crippen LogP contribution in [0.2, 0.25) is 0 Å². The summed E-state index contributed by atoms with van der Waals surface area (Å²) in [7, 11) is 1.35. The number of Topliss-reactive ketones (excluding diaryl/α,β-unsaturated/α-hetero) is 1. The van der Waals surface area contributed by atoms with Crippen LogP contribution in [-0.4, -0.2) is 29.8 Å². The molecule has 0 spiro atoms. The number of ether oxygens (including phenoxy) is 1. The first-order valence-corrected chi connectivity index (χ1v) is 10.1. The average molecular weight is 402 g/mol. The SMILES string of the molecule is COC(=O)CCCCC(=O)c1ccsc1NC(=O)c1nc2ccccc2s1. The van der Waals surface area contributed by atoms with E-state index in [9.17, 15) is 14.4 Å². The number of carbonyl (C=O) groups excluding carboxylic acids is 3. The number of nitrogens with zero attached hydrogens (tertiary/aromatic N) is 1. The molecule has 0 bridgehead atoms. The van der Waals surface area contributed by atoms with E-state index in [0.29, 0.717) is 41.3 Å². The molecule has 0 atom stereocenters. The number of unbranched alkanes of at least 4 members (excludes halogenated alkanes) is 1. The second kappa shape index (κ2) is 8.88. The Bertz CT molecular complexity index is 944. The van der Waals surface area contributed by atoms with Crippen LogP contribution in [-0.2, 0) is 9.53 Å². The zero-order valence-electron chi connectivity index (χ0n) is 14.7. The van der Waals surface area contributed by atoms with Crippen molar-refractivity contribution >= 4 is 55.6 Å². The molecule has 0 aliphatic rings. The lowest BCUT2D eigenvalue weighted by molar-refractivity contribution is -0.140. The third-order valence-corrected chi connectivity index (χ3v) is 5.81. The summed E-state index contributed by atoms with van der Waals surface area (Å²) in [6.45, 7) is 0. The molecule has 0 saturated carbocycles. The molecule has 3 rings (SSSR count). The number of rotatable bonds is 8. The summed E-state index contributed by atoms with van der Waals surface area (Å²) in [5, 5.41) is 5.46.